The van der Waals surface area contributed by atoms with Crippen LogP contribution in [0.15, 0.2) is 6.07 Å². The summed E-state index contributed by atoms with van der Waals surface area (Å²) in [6.45, 7) is 7.38. The molecular formula is C16H28N2O3. The first-order valence-electron chi connectivity index (χ1n) is 7.37. The Morgan fingerprint density at radius 3 is 2.38 bits per heavy atom. The smallest absolute Gasteiger partial charge is 0.178 e. The number of nitrogens with zero attached hydrogens (tertiary/aromatic N) is 2. The van der Waals surface area contributed by atoms with E-state index in [4.69, 9.17) is 9.47 Å². The predicted octanol–water partition coefficient (Wildman–Crippen LogP) is 1.81. The van der Waals surface area contributed by atoms with Crippen LogP contribution in [-0.2, 0) is 16.5 Å². The van der Waals surface area contributed by atoms with Gasteiger partial charge in [0.25, 0.3) is 0 Å². The van der Waals surface area contributed by atoms with E-state index >= 15 is 0 Å². The second-order valence-electron chi connectivity index (χ2n) is 5.38. The van der Waals surface area contributed by atoms with Crippen molar-refractivity contribution < 1.29 is 14.3 Å². The molecule has 21 heavy (non-hydrogen) atoms. The highest BCUT2D eigenvalue weighted by molar-refractivity contribution is 5.99. The Labute approximate surface area is 127 Å². The van der Waals surface area contributed by atoms with Crippen LogP contribution in [0.5, 0.6) is 0 Å². The van der Waals surface area contributed by atoms with Crippen LogP contribution in [-0.4, -0.2) is 62.3 Å². The number of ether oxygens (including phenoxy) is 2. The molecule has 1 aromatic heterocycles. The molecule has 5 nitrogen and oxygen atoms in total. The third-order valence-electron chi connectivity index (χ3n) is 3.88. The molecular weight excluding hydrogens is 268 g/mol. The van der Waals surface area contributed by atoms with Crippen LogP contribution in [0.25, 0.3) is 0 Å². The monoisotopic (exact) mass is 296 g/mol. The minimum absolute atomic E-state index is 0.171. The minimum Gasteiger partial charge on any atom is -0.385 e. The lowest BCUT2D eigenvalue weighted by Crippen LogP contribution is -2.34. The molecule has 0 atom stereocenters. The highest BCUT2D eigenvalue weighted by Crippen LogP contribution is 2.14. The maximum atomic E-state index is 12.5. The first-order valence-corrected chi connectivity index (χ1v) is 7.37. The van der Waals surface area contributed by atoms with Crippen molar-refractivity contribution in [1.29, 1.82) is 0 Å². The number of hydrogen-bond donors (Lipinski definition) is 0. The van der Waals surface area contributed by atoms with E-state index in [1.54, 1.807) is 14.2 Å². The van der Waals surface area contributed by atoms with Crippen molar-refractivity contribution in [3.05, 3.63) is 23.0 Å². The number of carbonyl (C=O) groups excluding carboxylic acids is 1. The number of aryl methyl sites for hydroxylation is 1. The van der Waals surface area contributed by atoms with Gasteiger partial charge in [-0.3, -0.25) is 9.69 Å². The van der Waals surface area contributed by atoms with Crippen molar-refractivity contribution >= 4 is 5.78 Å². The van der Waals surface area contributed by atoms with E-state index in [0.29, 0.717) is 19.8 Å². The predicted molar refractivity (Wildman–Crippen MR) is 84.0 cm³/mol. The molecule has 1 aromatic rings. The van der Waals surface area contributed by atoms with E-state index in [-0.39, 0.29) is 5.78 Å². The summed E-state index contributed by atoms with van der Waals surface area (Å²) in [5, 5.41) is 0. The van der Waals surface area contributed by atoms with Gasteiger partial charge in [-0.05, 0) is 26.3 Å². The molecule has 0 aliphatic rings. The lowest BCUT2D eigenvalue weighted by molar-refractivity contribution is 0.0877. The van der Waals surface area contributed by atoms with Gasteiger partial charge in [0.1, 0.15) is 0 Å². The third-order valence-corrected chi connectivity index (χ3v) is 3.88. The van der Waals surface area contributed by atoms with Crippen molar-refractivity contribution in [3.8, 4) is 0 Å². The highest BCUT2D eigenvalue weighted by atomic mass is 16.5. The molecule has 0 N–H and O–H groups in total. The van der Waals surface area contributed by atoms with Gasteiger partial charge in [0.15, 0.2) is 5.78 Å². The summed E-state index contributed by atoms with van der Waals surface area (Å²) in [4.78, 5) is 14.6. The fourth-order valence-corrected chi connectivity index (χ4v) is 2.35. The molecule has 0 saturated heterocycles. The lowest BCUT2D eigenvalue weighted by atomic mass is 10.1. The molecule has 0 aliphatic heterocycles. The number of hydrogen-bond acceptors (Lipinski definition) is 4. The Bertz CT molecular complexity index is 455. The number of methoxy groups -OCH3 is 2. The standard InChI is InChI=1S/C16H28N2O3/c1-13-11-15(14(2)17(13)3)16(19)12-18(8-10-21-5)7-6-9-20-4/h11H,6-10,12H2,1-5H3. The number of Topliss-reactive ketones (excluding diaryl/α,β-unsaturated/α-hetero) is 1. The van der Waals surface area contributed by atoms with Crippen LogP contribution in [0, 0.1) is 13.8 Å². The molecule has 0 aliphatic carbocycles. The normalized spacial score (nSPS) is 11.3. The van der Waals surface area contributed by atoms with Crippen LogP contribution in [0.2, 0.25) is 0 Å². The Morgan fingerprint density at radius 1 is 1.19 bits per heavy atom. The van der Waals surface area contributed by atoms with Crippen LogP contribution in [0.3, 0.4) is 0 Å². The number of ketones is 1. The molecule has 1 rings (SSSR count). The van der Waals surface area contributed by atoms with E-state index in [1.807, 2.05) is 27.0 Å². The SMILES string of the molecule is COCCCN(CCOC)CC(=O)c1cc(C)n(C)c1C. The Balaban J connectivity index is 2.67. The summed E-state index contributed by atoms with van der Waals surface area (Å²) < 4.78 is 12.3. The van der Waals surface area contributed by atoms with Gasteiger partial charge >= 0.3 is 0 Å². The van der Waals surface area contributed by atoms with Crippen molar-refractivity contribution in [2.75, 3.05) is 47.1 Å². The Morgan fingerprint density at radius 2 is 1.86 bits per heavy atom. The number of aromatic nitrogens is 1. The van der Waals surface area contributed by atoms with Crippen LogP contribution >= 0.6 is 0 Å². The van der Waals surface area contributed by atoms with Crippen molar-refractivity contribution in [2.45, 2.75) is 20.3 Å². The van der Waals surface area contributed by atoms with Gasteiger partial charge in [-0.15, -0.1) is 0 Å². The zero-order valence-corrected chi connectivity index (χ0v) is 13.9. The summed E-state index contributed by atoms with van der Waals surface area (Å²) in [5.74, 6) is 0.171. The number of carbonyl (C=O) groups is 1. The summed E-state index contributed by atoms with van der Waals surface area (Å²) >= 11 is 0. The molecule has 1 heterocycles. The lowest BCUT2D eigenvalue weighted by Gasteiger charge is -2.21. The van der Waals surface area contributed by atoms with E-state index in [0.717, 1.165) is 36.5 Å². The zero-order chi connectivity index (χ0) is 15.8. The van der Waals surface area contributed by atoms with E-state index < -0.39 is 0 Å². The van der Waals surface area contributed by atoms with Gasteiger partial charge in [0, 0.05) is 57.9 Å². The summed E-state index contributed by atoms with van der Waals surface area (Å²) in [5.41, 5.74) is 2.96. The largest absolute Gasteiger partial charge is 0.385 e. The molecule has 0 fully saturated rings. The maximum Gasteiger partial charge on any atom is 0.178 e. The molecule has 120 valence electrons. The summed E-state index contributed by atoms with van der Waals surface area (Å²) in [6, 6.07) is 1.97. The molecule has 0 unspecified atom stereocenters. The van der Waals surface area contributed by atoms with E-state index in [2.05, 4.69) is 9.47 Å². The van der Waals surface area contributed by atoms with Gasteiger partial charge in [0.05, 0.1) is 13.2 Å². The highest BCUT2D eigenvalue weighted by Gasteiger charge is 2.17. The number of rotatable bonds is 10. The van der Waals surface area contributed by atoms with Crippen LogP contribution in [0.1, 0.15) is 28.2 Å². The van der Waals surface area contributed by atoms with Gasteiger partial charge < -0.3 is 14.0 Å². The van der Waals surface area contributed by atoms with Crippen LogP contribution in [0.4, 0.5) is 0 Å². The first kappa shape index (κ1) is 17.9. The Kier molecular flexibility index (Phi) is 7.64. The zero-order valence-electron chi connectivity index (χ0n) is 13.9. The molecule has 0 saturated carbocycles. The molecule has 0 radical (unpaired) electrons. The molecule has 0 spiro atoms. The van der Waals surface area contributed by atoms with Crippen LogP contribution < -0.4 is 0 Å². The van der Waals surface area contributed by atoms with Gasteiger partial charge in [-0.1, -0.05) is 0 Å². The quantitative estimate of drug-likeness (QED) is 0.488. The van der Waals surface area contributed by atoms with Gasteiger partial charge in [0.2, 0.25) is 0 Å². The Hall–Kier alpha value is -1.17. The summed E-state index contributed by atoms with van der Waals surface area (Å²) in [7, 11) is 5.36. The van der Waals surface area contributed by atoms with Crippen molar-refractivity contribution in [1.82, 2.24) is 9.47 Å². The minimum atomic E-state index is 0.171. The topological polar surface area (TPSA) is 43.7 Å². The van der Waals surface area contributed by atoms with Crippen molar-refractivity contribution in [3.63, 3.8) is 0 Å². The molecule has 0 amide bonds. The second-order valence-corrected chi connectivity index (χ2v) is 5.38. The molecule has 0 bridgehead atoms. The first-order chi connectivity index (χ1) is 10.0. The molecule has 0 aromatic carbocycles. The van der Waals surface area contributed by atoms with E-state index in [1.165, 1.54) is 0 Å². The second kappa shape index (κ2) is 8.97. The fraction of sp³-hybridized carbons (Fsp3) is 0.688. The summed E-state index contributed by atoms with van der Waals surface area (Å²) in [6.07, 6.45) is 0.917. The van der Waals surface area contributed by atoms with Gasteiger partial charge in [-0.2, -0.15) is 0 Å². The average molecular weight is 296 g/mol. The third kappa shape index (κ3) is 5.26. The van der Waals surface area contributed by atoms with Crippen molar-refractivity contribution in [2.24, 2.45) is 7.05 Å². The van der Waals surface area contributed by atoms with E-state index in [9.17, 15) is 4.79 Å². The van der Waals surface area contributed by atoms with Gasteiger partial charge in [-0.25, -0.2) is 0 Å². The maximum absolute atomic E-state index is 12.5. The molecule has 5 heteroatoms. The average Bonchev–Trinajstić information content (AvgIpc) is 2.72. The fourth-order valence-electron chi connectivity index (χ4n) is 2.35.